The molecule has 1 saturated heterocycles. The van der Waals surface area contributed by atoms with Crippen molar-refractivity contribution in [1.29, 1.82) is 0 Å². The number of aromatic nitrogens is 1. The third-order valence-electron chi connectivity index (χ3n) is 3.43. The van der Waals surface area contributed by atoms with Gasteiger partial charge in [0.05, 0.1) is 6.04 Å². The number of nitrogens with one attached hydrogen (secondary N) is 1. The maximum absolute atomic E-state index is 12.2. The van der Waals surface area contributed by atoms with Crippen LogP contribution in [0.1, 0.15) is 37.8 Å². The maximum atomic E-state index is 12.2. The molecule has 1 fully saturated rings. The van der Waals surface area contributed by atoms with Crippen LogP contribution in [-0.4, -0.2) is 35.4 Å². The van der Waals surface area contributed by atoms with E-state index < -0.39 is 0 Å². The summed E-state index contributed by atoms with van der Waals surface area (Å²) in [4.78, 5) is 18.2. The minimum absolute atomic E-state index is 0.252. The molecule has 1 N–H and O–H groups in total. The van der Waals surface area contributed by atoms with E-state index in [1.54, 1.807) is 12.4 Å². The van der Waals surface area contributed by atoms with Gasteiger partial charge in [0.2, 0.25) is 5.91 Å². The summed E-state index contributed by atoms with van der Waals surface area (Å²) < 4.78 is 0. The van der Waals surface area contributed by atoms with Crippen molar-refractivity contribution >= 4 is 5.91 Å². The predicted molar refractivity (Wildman–Crippen MR) is 71.1 cm³/mol. The molecule has 18 heavy (non-hydrogen) atoms. The molecule has 98 valence electrons. The molecule has 2 rings (SSSR count). The summed E-state index contributed by atoms with van der Waals surface area (Å²) in [6.45, 7) is 4.63. The van der Waals surface area contributed by atoms with Crippen molar-refractivity contribution in [2.45, 2.75) is 32.2 Å². The highest BCUT2D eigenvalue weighted by Gasteiger charge is 2.29. The first-order valence-electron chi connectivity index (χ1n) is 6.73. The zero-order valence-electron chi connectivity index (χ0n) is 10.9. The lowest BCUT2D eigenvalue weighted by Gasteiger charge is -2.25. The zero-order chi connectivity index (χ0) is 12.8. The van der Waals surface area contributed by atoms with Crippen molar-refractivity contribution in [2.75, 3.05) is 19.6 Å². The molecule has 0 bridgehead atoms. The lowest BCUT2D eigenvalue weighted by molar-refractivity contribution is -0.132. The van der Waals surface area contributed by atoms with Crippen molar-refractivity contribution in [1.82, 2.24) is 15.2 Å². The Morgan fingerprint density at radius 3 is 3.00 bits per heavy atom. The minimum Gasteiger partial charge on any atom is -0.336 e. The Kier molecular flexibility index (Phi) is 4.70. The van der Waals surface area contributed by atoms with E-state index in [2.05, 4.69) is 17.2 Å². The van der Waals surface area contributed by atoms with Gasteiger partial charge < -0.3 is 10.2 Å². The first kappa shape index (κ1) is 13.0. The molecule has 1 unspecified atom stereocenters. The monoisotopic (exact) mass is 247 g/mol. The van der Waals surface area contributed by atoms with Crippen molar-refractivity contribution in [2.24, 2.45) is 0 Å². The van der Waals surface area contributed by atoms with Crippen LogP contribution in [0.25, 0.3) is 0 Å². The number of nitrogens with zero attached hydrogens (tertiary/aromatic N) is 2. The second-order valence-corrected chi connectivity index (χ2v) is 4.63. The van der Waals surface area contributed by atoms with Gasteiger partial charge in [0.25, 0.3) is 0 Å². The van der Waals surface area contributed by atoms with Crippen LogP contribution in [0.3, 0.4) is 0 Å². The second kappa shape index (κ2) is 6.50. The normalized spacial score (nSPS) is 19.2. The molecule has 1 amide bonds. The SMILES string of the molecule is CCNCCC(=O)N1CCCC1c1ccncc1. The first-order chi connectivity index (χ1) is 8.83. The molecular weight excluding hydrogens is 226 g/mol. The van der Waals surface area contributed by atoms with Crippen LogP contribution in [0.15, 0.2) is 24.5 Å². The number of hydrogen-bond acceptors (Lipinski definition) is 3. The van der Waals surface area contributed by atoms with Gasteiger partial charge in [-0.2, -0.15) is 0 Å². The average molecular weight is 247 g/mol. The van der Waals surface area contributed by atoms with Gasteiger partial charge in [0.15, 0.2) is 0 Å². The molecule has 1 aliphatic rings. The fourth-order valence-electron chi connectivity index (χ4n) is 2.51. The summed E-state index contributed by atoms with van der Waals surface area (Å²) in [5.74, 6) is 0.260. The Balaban J connectivity index is 1.97. The third-order valence-corrected chi connectivity index (χ3v) is 3.43. The smallest absolute Gasteiger partial charge is 0.224 e. The number of likely N-dealkylation sites (tertiary alicyclic amines) is 1. The Morgan fingerprint density at radius 1 is 1.50 bits per heavy atom. The van der Waals surface area contributed by atoms with Gasteiger partial charge in [-0.15, -0.1) is 0 Å². The molecule has 0 saturated carbocycles. The molecule has 1 atom stereocenters. The average Bonchev–Trinajstić information content (AvgIpc) is 2.89. The Labute approximate surface area is 108 Å². The van der Waals surface area contributed by atoms with Gasteiger partial charge >= 0.3 is 0 Å². The molecule has 0 aromatic carbocycles. The van der Waals surface area contributed by atoms with E-state index in [-0.39, 0.29) is 11.9 Å². The Bertz CT molecular complexity index is 380. The van der Waals surface area contributed by atoms with Gasteiger partial charge in [-0.1, -0.05) is 6.92 Å². The minimum atomic E-state index is 0.252. The standard InChI is InChI=1S/C14H21N3O/c1-2-15-10-7-14(18)17-11-3-4-13(17)12-5-8-16-9-6-12/h5-6,8-9,13,15H,2-4,7,10-11H2,1H3. The highest BCUT2D eigenvalue weighted by Crippen LogP contribution is 2.31. The first-order valence-corrected chi connectivity index (χ1v) is 6.73. The summed E-state index contributed by atoms with van der Waals surface area (Å²) >= 11 is 0. The number of carbonyl (C=O) groups is 1. The van der Waals surface area contributed by atoms with Crippen LogP contribution in [-0.2, 0) is 4.79 Å². The van der Waals surface area contributed by atoms with Crippen molar-refractivity contribution in [3.05, 3.63) is 30.1 Å². The van der Waals surface area contributed by atoms with E-state index in [9.17, 15) is 4.79 Å². The van der Waals surface area contributed by atoms with E-state index in [1.165, 1.54) is 5.56 Å². The van der Waals surface area contributed by atoms with Gasteiger partial charge in [-0.25, -0.2) is 0 Å². The van der Waals surface area contributed by atoms with Crippen LogP contribution in [0, 0.1) is 0 Å². The number of amides is 1. The lowest BCUT2D eigenvalue weighted by atomic mass is 10.1. The molecule has 0 aliphatic carbocycles. The van der Waals surface area contributed by atoms with E-state index in [4.69, 9.17) is 0 Å². The number of pyridine rings is 1. The molecule has 2 heterocycles. The summed E-state index contributed by atoms with van der Waals surface area (Å²) in [6.07, 6.45) is 6.36. The molecular formula is C14H21N3O. The largest absolute Gasteiger partial charge is 0.336 e. The van der Waals surface area contributed by atoms with Gasteiger partial charge in [-0.3, -0.25) is 9.78 Å². The molecule has 1 aromatic rings. The number of rotatable bonds is 5. The summed E-state index contributed by atoms with van der Waals surface area (Å²) in [5.41, 5.74) is 1.21. The highest BCUT2D eigenvalue weighted by atomic mass is 16.2. The van der Waals surface area contributed by atoms with Gasteiger partial charge in [0.1, 0.15) is 0 Å². The van der Waals surface area contributed by atoms with Crippen LogP contribution in [0.5, 0.6) is 0 Å². The topological polar surface area (TPSA) is 45.2 Å². The summed E-state index contributed by atoms with van der Waals surface area (Å²) in [5, 5.41) is 3.20. The summed E-state index contributed by atoms with van der Waals surface area (Å²) in [6, 6.07) is 4.28. The van der Waals surface area contributed by atoms with Crippen LogP contribution in [0.2, 0.25) is 0 Å². The van der Waals surface area contributed by atoms with E-state index in [0.29, 0.717) is 6.42 Å². The highest BCUT2D eigenvalue weighted by molar-refractivity contribution is 5.77. The lowest BCUT2D eigenvalue weighted by Crippen LogP contribution is -2.32. The number of hydrogen-bond donors (Lipinski definition) is 1. The van der Waals surface area contributed by atoms with Gasteiger partial charge in [0, 0.05) is 31.9 Å². The molecule has 0 radical (unpaired) electrons. The van der Waals surface area contributed by atoms with Gasteiger partial charge in [-0.05, 0) is 37.1 Å². The third kappa shape index (κ3) is 3.07. The maximum Gasteiger partial charge on any atom is 0.224 e. The predicted octanol–water partition coefficient (Wildman–Crippen LogP) is 1.74. The Morgan fingerprint density at radius 2 is 2.28 bits per heavy atom. The Hall–Kier alpha value is -1.42. The quantitative estimate of drug-likeness (QED) is 0.806. The van der Waals surface area contributed by atoms with E-state index >= 15 is 0 Å². The van der Waals surface area contributed by atoms with Crippen molar-refractivity contribution < 1.29 is 4.79 Å². The summed E-state index contributed by atoms with van der Waals surface area (Å²) in [7, 11) is 0. The molecule has 1 aliphatic heterocycles. The van der Waals surface area contributed by atoms with Crippen molar-refractivity contribution in [3.8, 4) is 0 Å². The second-order valence-electron chi connectivity index (χ2n) is 4.63. The van der Waals surface area contributed by atoms with Crippen LogP contribution < -0.4 is 5.32 Å². The van der Waals surface area contributed by atoms with Crippen LogP contribution >= 0.6 is 0 Å². The molecule has 4 nitrogen and oxygen atoms in total. The van der Waals surface area contributed by atoms with E-state index in [0.717, 1.165) is 32.5 Å². The zero-order valence-corrected chi connectivity index (χ0v) is 10.9. The van der Waals surface area contributed by atoms with Crippen LogP contribution in [0.4, 0.5) is 0 Å². The van der Waals surface area contributed by atoms with Crippen molar-refractivity contribution in [3.63, 3.8) is 0 Å². The van der Waals surface area contributed by atoms with E-state index in [1.807, 2.05) is 17.0 Å². The fraction of sp³-hybridized carbons (Fsp3) is 0.571. The molecule has 0 spiro atoms. The molecule has 4 heteroatoms. The molecule has 1 aromatic heterocycles. The fourth-order valence-corrected chi connectivity index (χ4v) is 2.51. The number of carbonyl (C=O) groups excluding carboxylic acids is 1.